The Hall–Kier alpha value is -0.120. The molecule has 3 nitrogen and oxygen atoms in total. The molecule has 0 aliphatic carbocycles. The van der Waals surface area contributed by atoms with E-state index in [2.05, 4.69) is 19.2 Å². The quantitative estimate of drug-likeness (QED) is 0.687. The zero-order valence-corrected chi connectivity index (χ0v) is 11.5. The van der Waals surface area contributed by atoms with Crippen molar-refractivity contribution in [1.29, 1.82) is 0 Å². The third-order valence-corrected chi connectivity index (χ3v) is 3.66. The molecule has 1 aliphatic heterocycles. The lowest BCUT2D eigenvalue weighted by Gasteiger charge is -2.29. The van der Waals surface area contributed by atoms with Crippen molar-refractivity contribution in [2.45, 2.75) is 58.0 Å². The van der Waals surface area contributed by atoms with Crippen LogP contribution in [0.3, 0.4) is 0 Å². The van der Waals surface area contributed by atoms with E-state index >= 15 is 0 Å². The Labute approximate surface area is 106 Å². The molecule has 0 saturated carbocycles. The van der Waals surface area contributed by atoms with Crippen LogP contribution in [0.5, 0.6) is 0 Å². The van der Waals surface area contributed by atoms with Crippen LogP contribution in [-0.2, 0) is 4.74 Å². The average molecular weight is 243 g/mol. The third kappa shape index (κ3) is 5.84. The van der Waals surface area contributed by atoms with Gasteiger partial charge in [0, 0.05) is 19.8 Å². The van der Waals surface area contributed by atoms with Crippen LogP contribution >= 0.6 is 0 Å². The van der Waals surface area contributed by atoms with E-state index in [4.69, 9.17) is 4.74 Å². The molecule has 1 aliphatic rings. The number of hydrogen-bond acceptors (Lipinski definition) is 3. The summed E-state index contributed by atoms with van der Waals surface area (Å²) in [5.74, 6) is 0.733. The molecule has 3 heteroatoms. The predicted molar refractivity (Wildman–Crippen MR) is 71.2 cm³/mol. The molecule has 0 bridgehead atoms. The monoisotopic (exact) mass is 243 g/mol. The first-order valence-corrected chi connectivity index (χ1v) is 7.21. The van der Waals surface area contributed by atoms with Crippen molar-refractivity contribution in [2.75, 3.05) is 26.3 Å². The maximum absolute atomic E-state index is 10.5. The standard InChI is InChI=1S/C14H29NO2/c1-3-7-14(16,8-4-2)12-15-11-13-5-9-17-10-6-13/h13,15-16H,3-12H2,1-2H3. The van der Waals surface area contributed by atoms with Crippen LogP contribution in [0.4, 0.5) is 0 Å². The molecule has 2 N–H and O–H groups in total. The van der Waals surface area contributed by atoms with Crippen LogP contribution in [0.1, 0.15) is 52.4 Å². The Morgan fingerprint density at radius 3 is 2.29 bits per heavy atom. The second-order valence-electron chi connectivity index (χ2n) is 5.41. The molecular formula is C14H29NO2. The van der Waals surface area contributed by atoms with E-state index in [9.17, 15) is 5.11 Å². The molecule has 0 aromatic rings. The van der Waals surface area contributed by atoms with Crippen LogP contribution in [0.25, 0.3) is 0 Å². The highest BCUT2D eigenvalue weighted by Crippen LogP contribution is 2.19. The minimum Gasteiger partial charge on any atom is -0.389 e. The number of ether oxygens (including phenoxy) is 1. The summed E-state index contributed by atoms with van der Waals surface area (Å²) in [7, 11) is 0. The van der Waals surface area contributed by atoms with Crippen molar-refractivity contribution in [3.05, 3.63) is 0 Å². The Morgan fingerprint density at radius 1 is 1.18 bits per heavy atom. The van der Waals surface area contributed by atoms with Crippen LogP contribution in [0.15, 0.2) is 0 Å². The molecule has 0 aromatic carbocycles. The number of nitrogens with one attached hydrogen (secondary N) is 1. The van der Waals surface area contributed by atoms with E-state index in [0.29, 0.717) is 0 Å². The molecule has 0 amide bonds. The van der Waals surface area contributed by atoms with Gasteiger partial charge in [0.1, 0.15) is 0 Å². The van der Waals surface area contributed by atoms with E-state index < -0.39 is 5.60 Å². The first-order chi connectivity index (χ1) is 8.20. The Balaban J connectivity index is 2.21. The van der Waals surface area contributed by atoms with E-state index in [1.165, 1.54) is 0 Å². The lowest BCUT2D eigenvalue weighted by molar-refractivity contribution is 0.0180. The zero-order valence-electron chi connectivity index (χ0n) is 11.5. The molecule has 1 fully saturated rings. The lowest BCUT2D eigenvalue weighted by atomic mass is 9.92. The first-order valence-electron chi connectivity index (χ1n) is 7.21. The molecule has 0 atom stereocenters. The highest BCUT2D eigenvalue weighted by molar-refractivity contribution is 4.81. The van der Waals surface area contributed by atoms with E-state index in [1.54, 1.807) is 0 Å². The lowest BCUT2D eigenvalue weighted by Crippen LogP contribution is -2.42. The zero-order chi connectivity index (χ0) is 12.6. The maximum Gasteiger partial charge on any atom is 0.0771 e. The molecule has 102 valence electrons. The Kier molecular flexibility index (Phi) is 7.09. The van der Waals surface area contributed by atoms with Crippen molar-refractivity contribution < 1.29 is 9.84 Å². The summed E-state index contributed by atoms with van der Waals surface area (Å²) in [6.45, 7) is 7.85. The van der Waals surface area contributed by atoms with Crippen molar-refractivity contribution in [2.24, 2.45) is 5.92 Å². The van der Waals surface area contributed by atoms with Crippen LogP contribution in [-0.4, -0.2) is 37.0 Å². The third-order valence-electron chi connectivity index (χ3n) is 3.66. The Bertz CT molecular complexity index is 185. The molecule has 0 aromatic heterocycles. The summed E-state index contributed by atoms with van der Waals surface area (Å²) < 4.78 is 5.35. The fourth-order valence-corrected chi connectivity index (χ4v) is 2.69. The second-order valence-corrected chi connectivity index (χ2v) is 5.41. The molecule has 1 saturated heterocycles. The van der Waals surface area contributed by atoms with Crippen molar-refractivity contribution in [1.82, 2.24) is 5.32 Å². The summed E-state index contributed by atoms with van der Waals surface area (Å²) in [6, 6.07) is 0. The van der Waals surface area contributed by atoms with Gasteiger partial charge in [-0.3, -0.25) is 0 Å². The fraction of sp³-hybridized carbons (Fsp3) is 1.00. The minimum absolute atomic E-state index is 0.491. The van der Waals surface area contributed by atoms with Gasteiger partial charge in [0.05, 0.1) is 5.60 Å². The summed E-state index contributed by atoms with van der Waals surface area (Å²) in [5.41, 5.74) is -0.491. The van der Waals surface area contributed by atoms with Gasteiger partial charge >= 0.3 is 0 Å². The van der Waals surface area contributed by atoms with Gasteiger partial charge in [-0.1, -0.05) is 26.7 Å². The molecule has 1 rings (SSSR count). The number of hydrogen-bond donors (Lipinski definition) is 2. The van der Waals surface area contributed by atoms with Crippen molar-refractivity contribution >= 4 is 0 Å². The highest BCUT2D eigenvalue weighted by atomic mass is 16.5. The van der Waals surface area contributed by atoms with Gasteiger partial charge < -0.3 is 15.2 Å². The van der Waals surface area contributed by atoms with Gasteiger partial charge in [-0.05, 0) is 38.1 Å². The average Bonchev–Trinajstić information content (AvgIpc) is 2.31. The molecule has 0 spiro atoms. The summed E-state index contributed by atoms with van der Waals surface area (Å²) in [4.78, 5) is 0. The summed E-state index contributed by atoms with van der Waals surface area (Å²) >= 11 is 0. The predicted octanol–water partition coefficient (Wildman–Crippen LogP) is 2.33. The van der Waals surface area contributed by atoms with Gasteiger partial charge in [0.15, 0.2) is 0 Å². The maximum atomic E-state index is 10.5. The summed E-state index contributed by atoms with van der Waals surface area (Å²) in [5, 5.41) is 13.9. The normalized spacial score (nSPS) is 18.5. The Morgan fingerprint density at radius 2 is 1.76 bits per heavy atom. The van der Waals surface area contributed by atoms with Gasteiger partial charge in [-0.2, -0.15) is 0 Å². The van der Waals surface area contributed by atoms with Crippen molar-refractivity contribution in [3.8, 4) is 0 Å². The minimum atomic E-state index is -0.491. The largest absolute Gasteiger partial charge is 0.389 e. The highest BCUT2D eigenvalue weighted by Gasteiger charge is 2.24. The van der Waals surface area contributed by atoms with Crippen molar-refractivity contribution in [3.63, 3.8) is 0 Å². The van der Waals surface area contributed by atoms with E-state index in [1.807, 2.05) is 0 Å². The van der Waals surface area contributed by atoms with E-state index in [-0.39, 0.29) is 0 Å². The van der Waals surface area contributed by atoms with E-state index in [0.717, 1.165) is 70.7 Å². The number of aliphatic hydroxyl groups is 1. The topological polar surface area (TPSA) is 41.5 Å². The molecule has 17 heavy (non-hydrogen) atoms. The molecule has 0 radical (unpaired) electrons. The smallest absolute Gasteiger partial charge is 0.0771 e. The van der Waals surface area contributed by atoms with Gasteiger partial charge in [0.2, 0.25) is 0 Å². The summed E-state index contributed by atoms with van der Waals surface area (Å²) in [6.07, 6.45) is 6.23. The van der Waals surface area contributed by atoms with Gasteiger partial charge in [-0.25, -0.2) is 0 Å². The van der Waals surface area contributed by atoms with Gasteiger partial charge in [0.25, 0.3) is 0 Å². The van der Waals surface area contributed by atoms with Crippen LogP contribution in [0, 0.1) is 5.92 Å². The molecule has 1 heterocycles. The fourth-order valence-electron chi connectivity index (χ4n) is 2.69. The van der Waals surface area contributed by atoms with Crippen LogP contribution in [0.2, 0.25) is 0 Å². The molecular weight excluding hydrogens is 214 g/mol. The van der Waals surface area contributed by atoms with Gasteiger partial charge in [-0.15, -0.1) is 0 Å². The number of rotatable bonds is 8. The first kappa shape index (κ1) is 14.9. The molecule has 0 unspecified atom stereocenters. The second kappa shape index (κ2) is 8.06. The SMILES string of the molecule is CCCC(O)(CCC)CNCC1CCOCC1. The van der Waals surface area contributed by atoms with Crippen LogP contribution < -0.4 is 5.32 Å².